The molecule has 0 unspecified atom stereocenters. The van der Waals surface area contributed by atoms with Crippen molar-refractivity contribution in [2.75, 3.05) is 18.5 Å². The van der Waals surface area contributed by atoms with E-state index in [9.17, 15) is 0 Å². The zero-order chi connectivity index (χ0) is 14.4. The van der Waals surface area contributed by atoms with Gasteiger partial charge in [-0.2, -0.15) is 0 Å². The molecule has 1 aromatic carbocycles. The number of nitrogens with zero attached hydrogens (tertiary/aromatic N) is 1. The quantitative estimate of drug-likeness (QED) is 0.849. The van der Waals surface area contributed by atoms with Gasteiger partial charge in [-0.25, -0.2) is 0 Å². The minimum atomic E-state index is 0.600. The lowest BCUT2D eigenvalue weighted by molar-refractivity contribution is 0.288. The van der Waals surface area contributed by atoms with Crippen LogP contribution in [0.2, 0.25) is 0 Å². The van der Waals surface area contributed by atoms with Gasteiger partial charge in [0.15, 0.2) is 11.5 Å². The molecule has 106 valence electrons. The molecule has 0 amide bonds. The van der Waals surface area contributed by atoms with Crippen LogP contribution in [0, 0.1) is 0 Å². The molecule has 4 nitrogen and oxygen atoms in total. The summed E-state index contributed by atoms with van der Waals surface area (Å²) in [4.78, 5) is 4.04. The van der Waals surface area contributed by atoms with Gasteiger partial charge in [-0.05, 0) is 48.0 Å². The summed E-state index contributed by atoms with van der Waals surface area (Å²) in [5.74, 6) is 1.50. The molecule has 2 aromatic rings. The highest BCUT2D eigenvalue weighted by Crippen LogP contribution is 2.33. The van der Waals surface area contributed by atoms with E-state index in [1.54, 1.807) is 12.4 Å². The topological polar surface area (TPSA) is 43.4 Å². The molecular weight excluding hydrogens is 320 g/mol. The highest BCUT2D eigenvalue weighted by molar-refractivity contribution is 9.10. The van der Waals surface area contributed by atoms with Crippen molar-refractivity contribution in [3.05, 3.63) is 41.1 Å². The lowest BCUT2D eigenvalue weighted by Gasteiger charge is -2.14. The maximum absolute atomic E-state index is 5.61. The average Bonchev–Trinajstić information content (AvgIpc) is 2.45. The Hall–Kier alpha value is -1.75. The van der Waals surface area contributed by atoms with Gasteiger partial charge in [0.1, 0.15) is 0 Å². The molecule has 0 saturated carbocycles. The molecule has 0 spiro atoms. The first kappa shape index (κ1) is 14.7. The van der Waals surface area contributed by atoms with Crippen LogP contribution in [-0.4, -0.2) is 18.2 Å². The SMILES string of the molecule is CCOc1ccc(Nc2ccncc2Br)cc1OCC. The minimum Gasteiger partial charge on any atom is -0.490 e. The van der Waals surface area contributed by atoms with Gasteiger partial charge < -0.3 is 14.8 Å². The number of rotatable bonds is 6. The zero-order valence-electron chi connectivity index (χ0n) is 11.5. The van der Waals surface area contributed by atoms with Crippen LogP contribution >= 0.6 is 15.9 Å². The second kappa shape index (κ2) is 7.14. The van der Waals surface area contributed by atoms with Crippen molar-refractivity contribution in [3.63, 3.8) is 0 Å². The number of hydrogen-bond acceptors (Lipinski definition) is 4. The third-order valence-electron chi connectivity index (χ3n) is 2.59. The number of halogens is 1. The van der Waals surface area contributed by atoms with Crippen LogP contribution < -0.4 is 14.8 Å². The Labute approximate surface area is 127 Å². The van der Waals surface area contributed by atoms with Crippen molar-refractivity contribution in [1.29, 1.82) is 0 Å². The standard InChI is InChI=1S/C15H17BrN2O2/c1-3-19-14-6-5-11(9-15(14)20-4-2)18-13-7-8-17-10-12(13)16/h5-10H,3-4H2,1-2H3,(H,17,18). The summed E-state index contributed by atoms with van der Waals surface area (Å²) in [5, 5.41) is 3.32. The maximum Gasteiger partial charge on any atom is 0.163 e. The Bertz CT molecular complexity index is 576. The molecule has 0 radical (unpaired) electrons. The van der Waals surface area contributed by atoms with E-state index in [1.807, 2.05) is 38.1 Å². The molecule has 2 rings (SSSR count). The summed E-state index contributed by atoms with van der Waals surface area (Å²) >= 11 is 3.46. The predicted octanol–water partition coefficient (Wildman–Crippen LogP) is 4.39. The van der Waals surface area contributed by atoms with Crippen LogP contribution in [0.4, 0.5) is 11.4 Å². The van der Waals surface area contributed by atoms with Gasteiger partial charge in [-0.15, -0.1) is 0 Å². The molecule has 0 aliphatic carbocycles. The zero-order valence-corrected chi connectivity index (χ0v) is 13.1. The van der Waals surface area contributed by atoms with Gasteiger partial charge in [-0.1, -0.05) is 0 Å². The molecule has 5 heteroatoms. The van der Waals surface area contributed by atoms with Crippen molar-refractivity contribution in [1.82, 2.24) is 4.98 Å². The summed E-state index contributed by atoms with van der Waals surface area (Å²) in [7, 11) is 0. The maximum atomic E-state index is 5.61. The smallest absolute Gasteiger partial charge is 0.163 e. The Kier molecular flexibility index (Phi) is 5.24. The van der Waals surface area contributed by atoms with Crippen LogP contribution in [0.25, 0.3) is 0 Å². The molecule has 0 bridgehead atoms. The van der Waals surface area contributed by atoms with E-state index >= 15 is 0 Å². The molecule has 0 fully saturated rings. The summed E-state index contributed by atoms with van der Waals surface area (Å²) in [6, 6.07) is 7.70. The van der Waals surface area contributed by atoms with Crippen LogP contribution in [0.3, 0.4) is 0 Å². The van der Waals surface area contributed by atoms with Crippen molar-refractivity contribution < 1.29 is 9.47 Å². The molecule has 0 atom stereocenters. The monoisotopic (exact) mass is 336 g/mol. The molecule has 0 aliphatic heterocycles. The van der Waals surface area contributed by atoms with Crippen LogP contribution in [-0.2, 0) is 0 Å². The van der Waals surface area contributed by atoms with E-state index in [0.29, 0.717) is 13.2 Å². The molecule has 0 aliphatic rings. The van der Waals surface area contributed by atoms with E-state index < -0.39 is 0 Å². The highest BCUT2D eigenvalue weighted by atomic mass is 79.9. The normalized spacial score (nSPS) is 10.2. The first-order valence-corrected chi connectivity index (χ1v) is 7.30. The molecule has 1 aromatic heterocycles. The number of pyridine rings is 1. The van der Waals surface area contributed by atoms with Crippen LogP contribution in [0.1, 0.15) is 13.8 Å². The fraction of sp³-hybridized carbons (Fsp3) is 0.267. The van der Waals surface area contributed by atoms with Crippen molar-refractivity contribution >= 4 is 27.3 Å². The summed E-state index contributed by atoms with van der Waals surface area (Å²) in [6.45, 7) is 5.12. The largest absolute Gasteiger partial charge is 0.490 e. The Balaban J connectivity index is 2.24. The van der Waals surface area contributed by atoms with E-state index in [-0.39, 0.29) is 0 Å². The van der Waals surface area contributed by atoms with Crippen LogP contribution in [0.15, 0.2) is 41.1 Å². The Morgan fingerprint density at radius 3 is 2.55 bits per heavy atom. The fourth-order valence-corrected chi connectivity index (χ4v) is 2.11. The van der Waals surface area contributed by atoms with E-state index in [2.05, 4.69) is 26.2 Å². The first-order chi connectivity index (χ1) is 9.74. The van der Waals surface area contributed by atoms with Gasteiger partial charge >= 0.3 is 0 Å². The second-order valence-corrected chi connectivity index (χ2v) is 4.86. The Morgan fingerprint density at radius 1 is 1.10 bits per heavy atom. The van der Waals surface area contributed by atoms with Crippen molar-refractivity contribution in [3.8, 4) is 11.5 Å². The summed E-state index contributed by atoms with van der Waals surface area (Å²) in [6.07, 6.45) is 3.49. The fourth-order valence-electron chi connectivity index (χ4n) is 1.76. The lowest BCUT2D eigenvalue weighted by Crippen LogP contribution is -1.99. The molecule has 1 N–H and O–H groups in total. The minimum absolute atomic E-state index is 0.600. The van der Waals surface area contributed by atoms with Crippen molar-refractivity contribution in [2.24, 2.45) is 0 Å². The average molecular weight is 337 g/mol. The number of nitrogens with one attached hydrogen (secondary N) is 1. The van der Waals surface area contributed by atoms with Gasteiger partial charge in [0.25, 0.3) is 0 Å². The van der Waals surface area contributed by atoms with E-state index in [4.69, 9.17) is 9.47 Å². The van der Waals surface area contributed by atoms with Crippen LogP contribution in [0.5, 0.6) is 11.5 Å². The van der Waals surface area contributed by atoms with Gasteiger partial charge in [0.2, 0.25) is 0 Å². The highest BCUT2D eigenvalue weighted by Gasteiger charge is 2.07. The first-order valence-electron chi connectivity index (χ1n) is 6.50. The molecular formula is C15H17BrN2O2. The Morgan fingerprint density at radius 2 is 1.85 bits per heavy atom. The number of anilines is 2. The second-order valence-electron chi connectivity index (χ2n) is 4.01. The third kappa shape index (κ3) is 3.63. The number of ether oxygens (including phenoxy) is 2. The predicted molar refractivity (Wildman–Crippen MR) is 84.0 cm³/mol. The lowest BCUT2D eigenvalue weighted by atomic mass is 10.2. The van der Waals surface area contributed by atoms with E-state index in [0.717, 1.165) is 27.3 Å². The van der Waals surface area contributed by atoms with Crippen molar-refractivity contribution in [2.45, 2.75) is 13.8 Å². The molecule has 0 saturated heterocycles. The molecule has 20 heavy (non-hydrogen) atoms. The number of hydrogen-bond donors (Lipinski definition) is 1. The third-order valence-corrected chi connectivity index (χ3v) is 3.23. The summed E-state index contributed by atoms with van der Waals surface area (Å²) < 4.78 is 12.1. The molecule has 1 heterocycles. The van der Waals surface area contributed by atoms with E-state index in [1.165, 1.54) is 0 Å². The number of benzene rings is 1. The van der Waals surface area contributed by atoms with Gasteiger partial charge in [0, 0.05) is 24.1 Å². The summed E-state index contributed by atoms with van der Waals surface area (Å²) in [5.41, 5.74) is 1.88. The number of aromatic nitrogens is 1. The van der Waals surface area contributed by atoms with Gasteiger partial charge in [0.05, 0.1) is 23.4 Å². The van der Waals surface area contributed by atoms with Gasteiger partial charge in [-0.3, -0.25) is 4.98 Å².